The van der Waals surface area contributed by atoms with Gasteiger partial charge < -0.3 is 5.32 Å². The summed E-state index contributed by atoms with van der Waals surface area (Å²) in [5.74, 6) is 2.32. The number of amides is 1. The first-order valence-electron chi connectivity index (χ1n) is 5.47. The van der Waals surface area contributed by atoms with E-state index in [0.29, 0.717) is 17.9 Å². The smallest absolute Gasteiger partial charge is 0.223 e. The van der Waals surface area contributed by atoms with Gasteiger partial charge in [0.2, 0.25) is 5.91 Å². The van der Waals surface area contributed by atoms with Crippen molar-refractivity contribution in [1.29, 1.82) is 0 Å². The maximum atomic E-state index is 11.4. The normalized spacial score (nSPS) is 32.8. The highest BCUT2D eigenvalue weighted by molar-refractivity contribution is 5.81. The minimum Gasteiger partial charge on any atom is -0.353 e. The predicted molar refractivity (Wildman–Crippen MR) is 52.2 cm³/mol. The molecule has 0 bridgehead atoms. The van der Waals surface area contributed by atoms with E-state index in [4.69, 9.17) is 0 Å². The third-order valence-electron chi connectivity index (χ3n) is 3.41. The van der Waals surface area contributed by atoms with Crippen molar-refractivity contribution in [2.24, 2.45) is 17.8 Å². The van der Waals surface area contributed by atoms with Gasteiger partial charge in [0, 0.05) is 12.0 Å². The molecule has 0 aromatic carbocycles. The zero-order valence-electron chi connectivity index (χ0n) is 8.55. The lowest BCUT2D eigenvalue weighted by molar-refractivity contribution is -0.124. The van der Waals surface area contributed by atoms with Crippen molar-refractivity contribution in [1.82, 2.24) is 5.32 Å². The summed E-state index contributed by atoms with van der Waals surface area (Å²) in [6.45, 7) is 4.53. The zero-order chi connectivity index (χ0) is 9.42. The van der Waals surface area contributed by atoms with Gasteiger partial charge in [-0.3, -0.25) is 4.79 Å². The molecule has 0 aromatic rings. The van der Waals surface area contributed by atoms with Crippen LogP contribution in [0.5, 0.6) is 0 Å². The van der Waals surface area contributed by atoms with Gasteiger partial charge in [-0.1, -0.05) is 13.8 Å². The lowest BCUT2D eigenvalue weighted by Crippen LogP contribution is -2.46. The van der Waals surface area contributed by atoms with Gasteiger partial charge in [-0.15, -0.1) is 0 Å². The van der Waals surface area contributed by atoms with Gasteiger partial charge in [0.05, 0.1) is 0 Å². The Kier molecular flexibility index (Phi) is 2.31. The third kappa shape index (κ3) is 2.04. The molecule has 2 nitrogen and oxygen atoms in total. The van der Waals surface area contributed by atoms with Crippen LogP contribution in [0.2, 0.25) is 0 Å². The molecule has 0 radical (unpaired) electrons. The second-order valence-corrected chi connectivity index (χ2v) is 4.96. The summed E-state index contributed by atoms with van der Waals surface area (Å²) in [5, 5.41) is 3.12. The summed E-state index contributed by atoms with van der Waals surface area (Å²) in [6.07, 6.45) is 4.64. The molecule has 0 aliphatic heterocycles. The largest absolute Gasteiger partial charge is 0.353 e. The molecule has 0 aromatic heterocycles. The van der Waals surface area contributed by atoms with Crippen LogP contribution in [-0.4, -0.2) is 11.9 Å². The first kappa shape index (κ1) is 9.04. The average molecular weight is 181 g/mol. The van der Waals surface area contributed by atoms with Crippen molar-refractivity contribution in [3.05, 3.63) is 0 Å². The Morgan fingerprint density at radius 2 is 1.92 bits per heavy atom. The molecule has 2 saturated carbocycles. The fourth-order valence-corrected chi connectivity index (χ4v) is 1.99. The molecule has 0 heterocycles. The third-order valence-corrected chi connectivity index (χ3v) is 3.41. The summed E-state index contributed by atoms with van der Waals surface area (Å²) in [7, 11) is 0. The van der Waals surface area contributed by atoms with Gasteiger partial charge in [0.1, 0.15) is 0 Å². The SMILES string of the molecule is CC(C)C1CC(NC(=O)C2CC2)C1. The van der Waals surface area contributed by atoms with E-state index in [1.165, 1.54) is 12.8 Å². The van der Waals surface area contributed by atoms with E-state index in [2.05, 4.69) is 19.2 Å². The van der Waals surface area contributed by atoms with Gasteiger partial charge in [-0.25, -0.2) is 0 Å². The number of hydrogen-bond acceptors (Lipinski definition) is 1. The number of carbonyl (C=O) groups is 1. The Hall–Kier alpha value is -0.530. The number of carbonyl (C=O) groups excluding carboxylic acids is 1. The van der Waals surface area contributed by atoms with Crippen LogP contribution in [0.15, 0.2) is 0 Å². The topological polar surface area (TPSA) is 29.1 Å². The number of rotatable bonds is 3. The van der Waals surface area contributed by atoms with Gasteiger partial charge >= 0.3 is 0 Å². The van der Waals surface area contributed by atoms with Gasteiger partial charge in [0.15, 0.2) is 0 Å². The molecule has 0 atom stereocenters. The van der Waals surface area contributed by atoms with Crippen LogP contribution in [0.3, 0.4) is 0 Å². The summed E-state index contributed by atoms with van der Waals surface area (Å²) >= 11 is 0. The lowest BCUT2D eigenvalue weighted by Gasteiger charge is -2.38. The molecule has 13 heavy (non-hydrogen) atoms. The molecule has 0 spiro atoms. The van der Waals surface area contributed by atoms with Gasteiger partial charge in [0.25, 0.3) is 0 Å². The highest BCUT2D eigenvalue weighted by Gasteiger charge is 2.36. The van der Waals surface area contributed by atoms with Gasteiger partial charge in [-0.05, 0) is 37.5 Å². The van der Waals surface area contributed by atoms with E-state index in [0.717, 1.165) is 24.7 Å². The van der Waals surface area contributed by atoms with Crippen LogP contribution in [0, 0.1) is 17.8 Å². The van der Waals surface area contributed by atoms with E-state index >= 15 is 0 Å². The monoisotopic (exact) mass is 181 g/mol. The Bertz CT molecular complexity index is 202. The van der Waals surface area contributed by atoms with Crippen molar-refractivity contribution in [3.8, 4) is 0 Å². The zero-order valence-corrected chi connectivity index (χ0v) is 8.55. The molecule has 2 heteroatoms. The highest BCUT2D eigenvalue weighted by Crippen LogP contribution is 2.35. The summed E-state index contributed by atoms with van der Waals surface area (Å²) in [5.41, 5.74) is 0. The van der Waals surface area contributed by atoms with Crippen molar-refractivity contribution in [2.75, 3.05) is 0 Å². The van der Waals surface area contributed by atoms with Crippen LogP contribution in [0.4, 0.5) is 0 Å². The second kappa shape index (κ2) is 3.32. The molecular weight excluding hydrogens is 162 g/mol. The maximum absolute atomic E-state index is 11.4. The molecule has 1 N–H and O–H groups in total. The fourth-order valence-electron chi connectivity index (χ4n) is 1.99. The van der Waals surface area contributed by atoms with Gasteiger partial charge in [-0.2, -0.15) is 0 Å². The first-order chi connectivity index (χ1) is 6.16. The Morgan fingerprint density at radius 3 is 2.38 bits per heavy atom. The number of hydrogen-bond donors (Lipinski definition) is 1. The molecule has 0 saturated heterocycles. The molecule has 0 unspecified atom stereocenters. The number of nitrogens with one attached hydrogen (secondary N) is 1. The average Bonchev–Trinajstić information content (AvgIpc) is 2.75. The minimum atomic E-state index is 0.312. The Morgan fingerprint density at radius 1 is 1.31 bits per heavy atom. The van der Waals surface area contributed by atoms with E-state index < -0.39 is 0 Å². The molecule has 74 valence electrons. The highest BCUT2D eigenvalue weighted by atomic mass is 16.2. The Labute approximate surface area is 80.1 Å². The summed E-state index contributed by atoms with van der Waals surface area (Å²) in [4.78, 5) is 11.4. The molecular formula is C11H19NO. The molecule has 1 amide bonds. The Balaban J connectivity index is 1.66. The van der Waals surface area contributed by atoms with E-state index in [9.17, 15) is 4.79 Å². The standard InChI is InChI=1S/C11H19NO/c1-7(2)9-5-10(6-9)12-11(13)8-3-4-8/h7-10H,3-6H2,1-2H3,(H,12,13). The van der Waals surface area contributed by atoms with E-state index in [-0.39, 0.29) is 0 Å². The van der Waals surface area contributed by atoms with Crippen molar-refractivity contribution in [3.63, 3.8) is 0 Å². The predicted octanol–water partition coefficient (Wildman–Crippen LogP) is 1.95. The van der Waals surface area contributed by atoms with Crippen LogP contribution in [0.1, 0.15) is 39.5 Å². The van der Waals surface area contributed by atoms with Crippen molar-refractivity contribution < 1.29 is 4.79 Å². The molecule has 2 rings (SSSR count). The van der Waals surface area contributed by atoms with Crippen LogP contribution in [-0.2, 0) is 4.79 Å². The summed E-state index contributed by atoms with van der Waals surface area (Å²) in [6, 6.07) is 0.500. The molecule has 2 fully saturated rings. The van der Waals surface area contributed by atoms with Crippen LogP contribution in [0.25, 0.3) is 0 Å². The maximum Gasteiger partial charge on any atom is 0.223 e. The lowest BCUT2D eigenvalue weighted by atomic mass is 9.73. The van der Waals surface area contributed by atoms with E-state index in [1.54, 1.807) is 0 Å². The van der Waals surface area contributed by atoms with E-state index in [1.807, 2.05) is 0 Å². The quantitative estimate of drug-likeness (QED) is 0.708. The van der Waals surface area contributed by atoms with Crippen LogP contribution >= 0.6 is 0 Å². The first-order valence-corrected chi connectivity index (χ1v) is 5.47. The minimum absolute atomic E-state index is 0.312. The fraction of sp³-hybridized carbons (Fsp3) is 0.909. The summed E-state index contributed by atoms with van der Waals surface area (Å²) < 4.78 is 0. The molecule has 2 aliphatic carbocycles. The second-order valence-electron chi connectivity index (χ2n) is 4.96. The van der Waals surface area contributed by atoms with Crippen molar-refractivity contribution in [2.45, 2.75) is 45.6 Å². The molecule has 2 aliphatic rings. The van der Waals surface area contributed by atoms with Crippen molar-refractivity contribution >= 4 is 5.91 Å². The van der Waals surface area contributed by atoms with Crippen LogP contribution < -0.4 is 5.32 Å².